The average molecular weight is 218 g/mol. The fourth-order valence-electron chi connectivity index (χ4n) is 2.14. The average Bonchev–Trinajstić information content (AvgIpc) is 2.73. The number of carbonyl (C=O) groups is 1. The molecule has 16 heavy (non-hydrogen) atoms. The molecule has 0 saturated carbocycles. The zero-order valence-electron chi connectivity index (χ0n) is 9.62. The van der Waals surface area contributed by atoms with E-state index in [9.17, 15) is 4.79 Å². The standard InChI is InChI=1S/C13H18N2O/c1-10(16)15-12-6-4-11(5-7-12)9-13-3-2-8-14-13/h4-7,13-14H,2-3,8-9H2,1H3,(H,15,16). The van der Waals surface area contributed by atoms with Crippen molar-refractivity contribution in [2.75, 3.05) is 11.9 Å². The molecule has 1 aliphatic heterocycles. The summed E-state index contributed by atoms with van der Waals surface area (Å²) in [5, 5.41) is 6.25. The smallest absolute Gasteiger partial charge is 0.221 e. The summed E-state index contributed by atoms with van der Waals surface area (Å²) in [6.07, 6.45) is 3.64. The first-order chi connectivity index (χ1) is 7.74. The van der Waals surface area contributed by atoms with E-state index in [2.05, 4.69) is 22.8 Å². The second-order valence-corrected chi connectivity index (χ2v) is 4.38. The molecule has 2 rings (SSSR count). The van der Waals surface area contributed by atoms with Crippen molar-refractivity contribution in [2.24, 2.45) is 0 Å². The van der Waals surface area contributed by atoms with Crippen LogP contribution in [-0.4, -0.2) is 18.5 Å². The van der Waals surface area contributed by atoms with E-state index in [1.54, 1.807) is 0 Å². The predicted octanol–water partition coefficient (Wildman–Crippen LogP) is 1.94. The molecule has 1 unspecified atom stereocenters. The molecule has 0 bridgehead atoms. The Labute approximate surface area is 96.2 Å². The van der Waals surface area contributed by atoms with Gasteiger partial charge in [-0.2, -0.15) is 0 Å². The van der Waals surface area contributed by atoms with E-state index in [0.29, 0.717) is 6.04 Å². The van der Waals surface area contributed by atoms with Gasteiger partial charge in [-0.3, -0.25) is 4.79 Å². The molecule has 3 nitrogen and oxygen atoms in total. The van der Waals surface area contributed by atoms with Crippen LogP contribution in [-0.2, 0) is 11.2 Å². The Hall–Kier alpha value is -1.35. The van der Waals surface area contributed by atoms with Crippen molar-refractivity contribution in [1.82, 2.24) is 5.32 Å². The fourth-order valence-corrected chi connectivity index (χ4v) is 2.14. The van der Waals surface area contributed by atoms with Gasteiger partial charge < -0.3 is 10.6 Å². The molecule has 1 heterocycles. The zero-order valence-corrected chi connectivity index (χ0v) is 9.62. The SMILES string of the molecule is CC(=O)Nc1ccc(CC2CCCN2)cc1. The maximum absolute atomic E-state index is 10.9. The number of anilines is 1. The molecular formula is C13H18N2O. The van der Waals surface area contributed by atoms with Gasteiger partial charge in [-0.25, -0.2) is 0 Å². The summed E-state index contributed by atoms with van der Waals surface area (Å²) in [6.45, 7) is 2.67. The van der Waals surface area contributed by atoms with Crippen LogP contribution in [0.1, 0.15) is 25.3 Å². The number of amides is 1. The number of benzene rings is 1. The molecule has 86 valence electrons. The van der Waals surface area contributed by atoms with Crippen LogP contribution in [0.5, 0.6) is 0 Å². The molecule has 0 radical (unpaired) electrons. The van der Waals surface area contributed by atoms with Gasteiger partial charge >= 0.3 is 0 Å². The lowest BCUT2D eigenvalue weighted by Crippen LogP contribution is -2.23. The first kappa shape index (κ1) is 11.1. The van der Waals surface area contributed by atoms with E-state index < -0.39 is 0 Å². The summed E-state index contributed by atoms with van der Waals surface area (Å²) < 4.78 is 0. The Morgan fingerprint density at radius 3 is 2.75 bits per heavy atom. The fraction of sp³-hybridized carbons (Fsp3) is 0.462. The van der Waals surface area contributed by atoms with Crippen LogP contribution in [0.2, 0.25) is 0 Å². The molecule has 1 aliphatic rings. The van der Waals surface area contributed by atoms with E-state index in [4.69, 9.17) is 0 Å². The van der Waals surface area contributed by atoms with Crippen LogP contribution in [0.15, 0.2) is 24.3 Å². The lowest BCUT2D eigenvalue weighted by Gasteiger charge is -2.10. The predicted molar refractivity (Wildman–Crippen MR) is 65.5 cm³/mol. The molecule has 2 N–H and O–H groups in total. The number of carbonyl (C=O) groups excluding carboxylic acids is 1. The molecule has 1 aromatic rings. The Kier molecular flexibility index (Phi) is 3.57. The molecule has 0 aliphatic carbocycles. The molecule has 3 heteroatoms. The van der Waals surface area contributed by atoms with E-state index >= 15 is 0 Å². The first-order valence-electron chi connectivity index (χ1n) is 5.84. The van der Waals surface area contributed by atoms with Crippen molar-refractivity contribution in [3.8, 4) is 0 Å². The lowest BCUT2D eigenvalue weighted by atomic mass is 10.0. The van der Waals surface area contributed by atoms with Crippen LogP contribution < -0.4 is 10.6 Å². The third kappa shape index (κ3) is 3.07. The highest BCUT2D eigenvalue weighted by molar-refractivity contribution is 5.88. The van der Waals surface area contributed by atoms with Crippen molar-refractivity contribution in [1.29, 1.82) is 0 Å². The third-order valence-corrected chi connectivity index (χ3v) is 2.92. The van der Waals surface area contributed by atoms with Crippen molar-refractivity contribution in [3.05, 3.63) is 29.8 Å². The lowest BCUT2D eigenvalue weighted by molar-refractivity contribution is -0.114. The Morgan fingerprint density at radius 2 is 2.19 bits per heavy atom. The van der Waals surface area contributed by atoms with Gasteiger partial charge in [0.25, 0.3) is 0 Å². The van der Waals surface area contributed by atoms with E-state index in [1.807, 2.05) is 12.1 Å². The van der Waals surface area contributed by atoms with Crippen molar-refractivity contribution in [3.63, 3.8) is 0 Å². The number of hydrogen-bond donors (Lipinski definition) is 2. The summed E-state index contributed by atoms with van der Waals surface area (Å²) in [6, 6.07) is 8.74. The van der Waals surface area contributed by atoms with Gasteiger partial charge in [-0.1, -0.05) is 12.1 Å². The molecule has 1 fully saturated rings. The Morgan fingerprint density at radius 1 is 1.44 bits per heavy atom. The van der Waals surface area contributed by atoms with Crippen LogP contribution in [0.3, 0.4) is 0 Å². The largest absolute Gasteiger partial charge is 0.326 e. The highest BCUT2D eigenvalue weighted by Crippen LogP contribution is 2.14. The summed E-state index contributed by atoms with van der Waals surface area (Å²) in [5.41, 5.74) is 2.20. The number of nitrogens with one attached hydrogen (secondary N) is 2. The third-order valence-electron chi connectivity index (χ3n) is 2.92. The summed E-state index contributed by atoms with van der Waals surface area (Å²) in [5.74, 6) is -0.0230. The Balaban J connectivity index is 1.93. The minimum Gasteiger partial charge on any atom is -0.326 e. The minimum atomic E-state index is -0.0230. The van der Waals surface area contributed by atoms with Gasteiger partial charge in [0.05, 0.1) is 0 Å². The minimum absolute atomic E-state index is 0.0230. The highest BCUT2D eigenvalue weighted by Gasteiger charge is 2.13. The van der Waals surface area contributed by atoms with Crippen LogP contribution in [0, 0.1) is 0 Å². The van der Waals surface area contributed by atoms with Crippen LogP contribution >= 0.6 is 0 Å². The quantitative estimate of drug-likeness (QED) is 0.814. The molecule has 1 amide bonds. The molecule has 1 saturated heterocycles. The molecule has 1 aromatic carbocycles. The second kappa shape index (κ2) is 5.12. The van der Waals surface area contributed by atoms with Gasteiger partial charge in [0.2, 0.25) is 5.91 Å². The molecular weight excluding hydrogens is 200 g/mol. The normalized spacial score (nSPS) is 19.7. The number of hydrogen-bond acceptors (Lipinski definition) is 2. The van der Waals surface area contributed by atoms with Gasteiger partial charge in [0.15, 0.2) is 0 Å². The van der Waals surface area contributed by atoms with Crippen molar-refractivity contribution in [2.45, 2.75) is 32.2 Å². The highest BCUT2D eigenvalue weighted by atomic mass is 16.1. The van der Waals surface area contributed by atoms with Gasteiger partial charge in [0.1, 0.15) is 0 Å². The van der Waals surface area contributed by atoms with Crippen LogP contribution in [0.4, 0.5) is 5.69 Å². The first-order valence-corrected chi connectivity index (χ1v) is 5.84. The van der Waals surface area contributed by atoms with E-state index in [1.165, 1.54) is 25.3 Å². The maximum Gasteiger partial charge on any atom is 0.221 e. The summed E-state index contributed by atoms with van der Waals surface area (Å²) in [7, 11) is 0. The molecule has 1 atom stereocenters. The Bertz CT molecular complexity index is 353. The van der Waals surface area contributed by atoms with Crippen molar-refractivity contribution < 1.29 is 4.79 Å². The zero-order chi connectivity index (χ0) is 11.4. The maximum atomic E-state index is 10.9. The summed E-state index contributed by atoms with van der Waals surface area (Å²) >= 11 is 0. The summed E-state index contributed by atoms with van der Waals surface area (Å²) in [4.78, 5) is 10.9. The van der Waals surface area contributed by atoms with Crippen molar-refractivity contribution >= 4 is 11.6 Å². The van der Waals surface area contributed by atoms with E-state index in [0.717, 1.165) is 18.7 Å². The van der Waals surface area contributed by atoms with Gasteiger partial charge in [-0.15, -0.1) is 0 Å². The topological polar surface area (TPSA) is 41.1 Å². The monoisotopic (exact) mass is 218 g/mol. The molecule has 0 spiro atoms. The van der Waals surface area contributed by atoms with Crippen LogP contribution in [0.25, 0.3) is 0 Å². The second-order valence-electron chi connectivity index (χ2n) is 4.38. The van der Waals surface area contributed by atoms with Gasteiger partial charge in [0, 0.05) is 18.7 Å². The molecule has 0 aromatic heterocycles. The number of rotatable bonds is 3. The van der Waals surface area contributed by atoms with E-state index in [-0.39, 0.29) is 5.91 Å². The van der Waals surface area contributed by atoms with Gasteiger partial charge in [-0.05, 0) is 43.5 Å².